The molecule has 0 fully saturated rings. The highest BCUT2D eigenvalue weighted by Gasteiger charge is 2.04. The fourth-order valence-electron chi connectivity index (χ4n) is 1.22. The zero-order valence-corrected chi connectivity index (χ0v) is 7.71. The summed E-state index contributed by atoms with van der Waals surface area (Å²) in [5.41, 5.74) is 7.07. The second-order valence-corrected chi connectivity index (χ2v) is 2.84. The number of hydrogen-bond acceptors (Lipinski definition) is 3. The van der Waals surface area contributed by atoms with E-state index in [4.69, 9.17) is 5.73 Å². The van der Waals surface area contributed by atoms with E-state index >= 15 is 0 Å². The molecule has 0 aliphatic carbocycles. The molecule has 1 rings (SSSR count). The van der Waals surface area contributed by atoms with Crippen molar-refractivity contribution < 1.29 is 4.79 Å². The molecule has 0 bridgehead atoms. The minimum absolute atomic E-state index is 0.0921. The maximum absolute atomic E-state index is 11.2. The van der Waals surface area contributed by atoms with E-state index in [0.717, 1.165) is 11.1 Å². The Labute approximate surface area is 77.9 Å². The van der Waals surface area contributed by atoms with Crippen LogP contribution in [0.5, 0.6) is 0 Å². The molecule has 3 nitrogen and oxygen atoms in total. The van der Waals surface area contributed by atoms with Crippen LogP contribution in [-0.2, 0) is 6.54 Å². The van der Waals surface area contributed by atoms with Crippen molar-refractivity contribution in [3.63, 3.8) is 0 Å². The SMILES string of the molecule is CC(=O)c1ccccc1CNCN. The lowest BCUT2D eigenvalue weighted by Crippen LogP contribution is -2.22. The molecule has 0 saturated carbocycles. The lowest BCUT2D eigenvalue weighted by molar-refractivity contribution is 0.101. The van der Waals surface area contributed by atoms with Gasteiger partial charge >= 0.3 is 0 Å². The van der Waals surface area contributed by atoms with Crippen LogP contribution >= 0.6 is 0 Å². The predicted molar refractivity (Wildman–Crippen MR) is 52.3 cm³/mol. The van der Waals surface area contributed by atoms with Gasteiger partial charge in [-0.3, -0.25) is 4.79 Å². The summed E-state index contributed by atoms with van der Waals surface area (Å²) >= 11 is 0. The summed E-state index contributed by atoms with van der Waals surface area (Å²) < 4.78 is 0. The highest BCUT2D eigenvalue weighted by atomic mass is 16.1. The van der Waals surface area contributed by atoms with Crippen LogP contribution in [0, 0.1) is 0 Å². The van der Waals surface area contributed by atoms with E-state index in [9.17, 15) is 4.79 Å². The van der Waals surface area contributed by atoms with Crippen molar-refractivity contribution in [3.05, 3.63) is 35.4 Å². The van der Waals surface area contributed by atoms with Gasteiger partial charge in [0.05, 0.1) is 0 Å². The van der Waals surface area contributed by atoms with Gasteiger partial charge in [0.1, 0.15) is 0 Å². The number of carbonyl (C=O) groups excluding carboxylic acids is 1. The van der Waals surface area contributed by atoms with Crippen molar-refractivity contribution in [2.24, 2.45) is 5.73 Å². The van der Waals surface area contributed by atoms with Crippen LogP contribution in [0.1, 0.15) is 22.8 Å². The molecule has 0 amide bonds. The average molecular weight is 178 g/mol. The lowest BCUT2D eigenvalue weighted by atomic mass is 10.0. The van der Waals surface area contributed by atoms with E-state index in [-0.39, 0.29) is 5.78 Å². The Morgan fingerprint density at radius 3 is 2.77 bits per heavy atom. The normalized spacial score (nSPS) is 10.0. The third-order valence-corrected chi connectivity index (χ3v) is 1.86. The fourth-order valence-corrected chi connectivity index (χ4v) is 1.22. The first-order chi connectivity index (χ1) is 6.25. The van der Waals surface area contributed by atoms with Crippen LogP contribution in [0.4, 0.5) is 0 Å². The molecule has 0 radical (unpaired) electrons. The van der Waals surface area contributed by atoms with Crippen LogP contribution in [0.15, 0.2) is 24.3 Å². The molecule has 13 heavy (non-hydrogen) atoms. The first-order valence-electron chi connectivity index (χ1n) is 4.25. The highest BCUT2D eigenvalue weighted by molar-refractivity contribution is 5.95. The Kier molecular flexibility index (Phi) is 3.61. The monoisotopic (exact) mass is 178 g/mol. The highest BCUT2D eigenvalue weighted by Crippen LogP contribution is 2.08. The van der Waals surface area contributed by atoms with Gasteiger partial charge in [0.25, 0.3) is 0 Å². The van der Waals surface area contributed by atoms with E-state index < -0.39 is 0 Å². The van der Waals surface area contributed by atoms with Gasteiger partial charge in [0.2, 0.25) is 0 Å². The molecule has 0 saturated heterocycles. The van der Waals surface area contributed by atoms with Gasteiger partial charge in [-0.2, -0.15) is 0 Å². The maximum atomic E-state index is 11.2. The molecule has 0 aromatic heterocycles. The molecule has 3 heteroatoms. The quantitative estimate of drug-likeness (QED) is 0.532. The van der Waals surface area contributed by atoms with E-state index in [2.05, 4.69) is 5.32 Å². The Morgan fingerprint density at radius 2 is 2.15 bits per heavy atom. The van der Waals surface area contributed by atoms with Crippen LogP contribution in [0.3, 0.4) is 0 Å². The third-order valence-electron chi connectivity index (χ3n) is 1.86. The summed E-state index contributed by atoms with van der Waals surface area (Å²) in [7, 11) is 0. The number of ketones is 1. The zero-order valence-electron chi connectivity index (χ0n) is 7.71. The number of carbonyl (C=O) groups is 1. The van der Waals surface area contributed by atoms with Crippen molar-refractivity contribution in [2.45, 2.75) is 13.5 Å². The number of Topliss-reactive ketones (excluding diaryl/α,β-unsaturated/α-hetero) is 1. The Hall–Kier alpha value is -1.19. The minimum Gasteiger partial charge on any atom is -0.318 e. The van der Waals surface area contributed by atoms with Gasteiger partial charge < -0.3 is 11.1 Å². The Balaban J connectivity index is 2.84. The number of hydrogen-bond donors (Lipinski definition) is 2. The summed E-state index contributed by atoms with van der Waals surface area (Å²) in [6, 6.07) is 7.54. The van der Waals surface area contributed by atoms with Crippen LogP contribution < -0.4 is 11.1 Å². The molecule has 1 aromatic rings. The van der Waals surface area contributed by atoms with Crippen molar-refractivity contribution in [1.82, 2.24) is 5.32 Å². The lowest BCUT2D eigenvalue weighted by Gasteiger charge is -2.06. The summed E-state index contributed by atoms with van der Waals surface area (Å²) in [4.78, 5) is 11.2. The minimum atomic E-state index is 0.0921. The first-order valence-corrected chi connectivity index (χ1v) is 4.25. The van der Waals surface area contributed by atoms with Crippen LogP contribution in [0.25, 0.3) is 0 Å². The second-order valence-electron chi connectivity index (χ2n) is 2.84. The standard InChI is InChI=1S/C10H14N2O/c1-8(13)10-5-3-2-4-9(10)6-12-7-11/h2-5,12H,6-7,11H2,1H3. The summed E-state index contributed by atoms with van der Waals surface area (Å²) in [6.07, 6.45) is 0. The zero-order chi connectivity index (χ0) is 9.68. The van der Waals surface area contributed by atoms with Gasteiger partial charge in [-0.25, -0.2) is 0 Å². The van der Waals surface area contributed by atoms with E-state index in [1.807, 2.05) is 24.3 Å². The number of benzene rings is 1. The van der Waals surface area contributed by atoms with E-state index in [0.29, 0.717) is 13.2 Å². The average Bonchev–Trinajstić information content (AvgIpc) is 2.15. The molecule has 1 aromatic carbocycles. The molecule has 0 aliphatic rings. The molecule has 0 aliphatic heterocycles. The van der Waals surface area contributed by atoms with E-state index in [1.54, 1.807) is 6.92 Å². The van der Waals surface area contributed by atoms with Crippen molar-refractivity contribution in [3.8, 4) is 0 Å². The fraction of sp³-hybridized carbons (Fsp3) is 0.300. The van der Waals surface area contributed by atoms with Gasteiger partial charge in [-0.15, -0.1) is 0 Å². The topological polar surface area (TPSA) is 55.1 Å². The molecule has 0 spiro atoms. The molecule has 3 N–H and O–H groups in total. The van der Waals surface area contributed by atoms with Gasteiger partial charge in [0, 0.05) is 18.8 Å². The Bertz CT molecular complexity index is 297. The van der Waals surface area contributed by atoms with Crippen molar-refractivity contribution in [2.75, 3.05) is 6.67 Å². The van der Waals surface area contributed by atoms with Crippen molar-refractivity contribution >= 4 is 5.78 Å². The first kappa shape index (κ1) is 9.89. The van der Waals surface area contributed by atoms with Gasteiger partial charge in [-0.05, 0) is 12.5 Å². The maximum Gasteiger partial charge on any atom is 0.160 e. The molecule has 0 unspecified atom stereocenters. The largest absolute Gasteiger partial charge is 0.318 e. The Morgan fingerprint density at radius 1 is 1.46 bits per heavy atom. The molecular weight excluding hydrogens is 164 g/mol. The third kappa shape index (κ3) is 2.65. The summed E-state index contributed by atoms with van der Waals surface area (Å²) in [5, 5.41) is 2.99. The molecule has 0 heterocycles. The van der Waals surface area contributed by atoms with Crippen molar-refractivity contribution in [1.29, 1.82) is 0 Å². The predicted octanol–water partition coefficient (Wildman–Crippen LogP) is 0.895. The molecular formula is C10H14N2O. The number of nitrogens with one attached hydrogen (secondary N) is 1. The van der Waals surface area contributed by atoms with Crippen LogP contribution in [-0.4, -0.2) is 12.5 Å². The van der Waals surface area contributed by atoms with Gasteiger partial charge in [-0.1, -0.05) is 24.3 Å². The number of rotatable bonds is 4. The second kappa shape index (κ2) is 4.74. The van der Waals surface area contributed by atoms with E-state index in [1.165, 1.54) is 0 Å². The smallest absolute Gasteiger partial charge is 0.160 e. The van der Waals surface area contributed by atoms with Crippen LogP contribution in [0.2, 0.25) is 0 Å². The number of nitrogens with two attached hydrogens (primary N) is 1. The molecule has 0 atom stereocenters. The van der Waals surface area contributed by atoms with Gasteiger partial charge in [0.15, 0.2) is 5.78 Å². The summed E-state index contributed by atoms with van der Waals surface area (Å²) in [5.74, 6) is 0.0921. The summed E-state index contributed by atoms with van der Waals surface area (Å²) in [6.45, 7) is 2.64. The molecule has 70 valence electrons.